The number of carbonyl (C=O) groups is 2. The third-order valence-corrected chi connectivity index (χ3v) is 2.83. The van der Waals surface area contributed by atoms with Crippen LogP contribution >= 0.6 is 0 Å². The molecular formula is C12H22N2O5. The smallest absolute Gasteiger partial charge is 0.336 e. The fourth-order valence-electron chi connectivity index (χ4n) is 1.82. The molecular weight excluding hydrogens is 252 g/mol. The molecule has 1 unspecified atom stereocenters. The highest BCUT2D eigenvalue weighted by Crippen LogP contribution is 2.06. The molecule has 0 radical (unpaired) electrons. The zero-order chi connectivity index (χ0) is 14.1. The molecule has 1 saturated heterocycles. The van der Waals surface area contributed by atoms with Crippen LogP contribution in [0.25, 0.3) is 0 Å². The van der Waals surface area contributed by atoms with Crippen molar-refractivity contribution in [1.82, 2.24) is 10.2 Å². The number of nitrogens with zero attached hydrogens (tertiary/aromatic N) is 1. The highest BCUT2D eigenvalue weighted by atomic mass is 16.6. The van der Waals surface area contributed by atoms with Crippen molar-refractivity contribution in [1.29, 1.82) is 0 Å². The summed E-state index contributed by atoms with van der Waals surface area (Å²) in [6.45, 7) is 2.94. The van der Waals surface area contributed by atoms with E-state index < -0.39 is 12.1 Å². The summed E-state index contributed by atoms with van der Waals surface area (Å²) in [5, 5.41) is 2.81. The van der Waals surface area contributed by atoms with Gasteiger partial charge in [0.1, 0.15) is 0 Å². The first-order chi connectivity index (χ1) is 9.17. The second kappa shape index (κ2) is 8.84. The third-order valence-electron chi connectivity index (χ3n) is 2.83. The van der Waals surface area contributed by atoms with Gasteiger partial charge in [-0.2, -0.15) is 0 Å². The Morgan fingerprint density at radius 1 is 1.42 bits per heavy atom. The molecule has 1 atom stereocenters. The molecule has 1 heterocycles. The molecule has 0 aromatic carbocycles. The molecule has 1 aliphatic heterocycles. The van der Waals surface area contributed by atoms with E-state index in [4.69, 9.17) is 9.47 Å². The maximum atomic E-state index is 11.7. The second-order valence-corrected chi connectivity index (χ2v) is 4.31. The molecule has 19 heavy (non-hydrogen) atoms. The molecule has 1 aliphatic rings. The average molecular weight is 274 g/mol. The number of morpholine rings is 1. The molecule has 0 bridgehead atoms. The van der Waals surface area contributed by atoms with E-state index in [0.717, 1.165) is 6.42 Å². The fourth-order valence-corrected chi connectivity index (χ4v) is 1.82. The van der Waals surface area contributed by atoms with E-state index in [1.165, 1.54) is 7.11 Å². The van der Waals surface area contributed by atoms with Crippen LogP contribution in [0.2, 0.25) is 0 Å². The number of nitrogens with one attached hydrogen (secondary N) is 1. The van der Waals surface area contributed by atoms with Crippen LogP contribution in [0, 0.1) is 0 Å². The number of esters is 1. The van der Waals surface area contributed by atoms with Crippen LogP contribution in [0.15, 0.2) is 0 Å². The number of hydrogen-bond donors (Lipinski definition) is 1. The largest absolute Gasteiger partial charge is 0.467 e. The van der Waals surface area contributed by atoms with Crippen molar-refractivity contribution < 1.29 is 23.8 Å². The topological polar surface area (TPSA) is 77.1 Å². The number of amides is 1. The number of carbonyl (C=O) groups excluding carboxylic acids is 2. The lowest BCUT2D eigenvalue weighted by molar-refractivity contribution is -0.160. The van der Waals surface area contributed by atoms with Gasteiger partial charge in [0.15, 0.2) is 6.10 Å². The lowest BCUT2D eigenvalue weighted by Crippen LogP contribution is -2.49. The molecule has 1 rings (SSSR count). The van der Waals surface area contributed by atoms with Crippen LogP contribution in [0.5, 0.6) is 0 Å². The Morgan fingerprint density at radius 2 is 2.21 bits per heavy atom. The number of methoxy groups -OCH3 is 2. The minimum atomic E-state index is -0.597. The van der Waals surface area contributed by atoms with Crippen molar-refractivity contribution in [2.75, 3.05) is 53.6 Å². The minimum absolute atomic E-state index is 0.0541. The van der Waals surface area contributed by atoms with Gasteiger partial charge in [-0.3, -0.25) is 9.69 Å². The van der Waals surface area contributed by atoms with Crippen molar-refractivity contribution >= 4 is 11.9 Å². The standard InChI is InChI=1S/C12H22N2O5/c1-17-6-3-4-13-11(15)9-14-5-7-19-10(8-14)12(16)18-2/h10H,3-9H2,1-2H3,(H,13,15). The monoisotopic (exact) mass is 274 g/mol. The first-order valence-corrected chi connectivity index (χ1v) is 6.34. The molecule has 1 N–H and O–H groups in total. The van der Waals surface area contributed by atoms with Crippen LogP contribution in [0.3, 0.4) is 0 Å². The first kappa shape index (κ1) is 15.9. The van der Waals surface area contributed by atoms with E-state index in [2.05, 4.69) is 10.1 Å². The lowest BCUT2D eigenvalue weighted by Gasteiger charge is -2.30. The summed E-state index contributed by atoms with van der Waals surface area (Å²) in [5.41, 5.74) is 0. The molecule has 7 nitrogen and oxygen atoms in total. The Bertz CT molecular complexity index is 298. The van der Waals surface area contributed by atoms with Crippen molar-refractivity contribution in [3.8, 4) is 0 Å². The summed E-state index contributed by atoms with van der Waals surface area (Å²) in [4.78, 5) is 24.9. The molecule has 1 fully saturated rings. The SMILES string of the molecule is COCCCNC(=O)CN1CCOC(C(=O)OC)C1. The highest BCUT2D eigenvalue weighted by molar-refractivity contribution is 5.78. The van der Waals surface area contributed by atoms with Crippen LogP contribution in [0.4, 0.5) is 0 Å². The molecule has 0 aromatic heterocycles. The van der Waals surface area contributed by atoms with Gasteiger partial charge in [-0.05, 0) is 6.42 Å². The number of rotatable bonds is 7. The molecule has 0 saturated carbocycles. The summed E-state index contributed by atoms with van der Waals surface area (Å²) in [6.07, 6.45) is 0.191. The van der Waals surface area contributed by atoms with Gasteiger partial charge in [0, 0.05) is 33.4 Å². The molecule has 1 amide bonds. The van der Waals surface area contributed by atoms with Gasteiger partial charge in [0.05, 0.1) is 20.3 Å². The zero-order valence-corrected chi connectivity index (χ0v) is 11.5. The van der Waals surface area contributed by atoms with Gasteiger partial charge in [0.2, 0.25) is 5.91 Å². The van der Waals surface area contributed by atoms with Gasteiger partial charge < -0.3 is 19.5 Å². The van der Waals surface area contributed by atoms with Gasteiger partial charge in [-0.25, -0.2) is 4.79 Å². The molecule has 7 heteroatoms. The quantitative estimate of drug-likeness (QED) is 0.474. The van der Waals surface area contributed by atoms with Crippen LogP contribution < -0.4 is 5.32 Å². The van der Waals surface area contributed by atoms with Gasteiger partial charge >= 0.3 is 5.97 Å². The summed E-state index contributed by atoms with van der Waals surface area (Å²) in [7, 11) is 2.95. The molecule has 110 valence electrons. The predicted octanol–water partition coefficient (Wildman–Crippen LogP) is -0.987. The Balaban J connectivity index is 2.24. The lowest BCUT2D eigenvalue weighted by atomic mass is 10.2. The average Bonchev–Trinajstić information content (AvgIpc) is 2.43. The zero-order valence-electron chi connectivity index (χ0n) is 11.5. The van der Waals surface area contributed by atoms with Gasteiger partial charge in [0.25, 0.3) is 0 Å². The Hall–Kier alpha value is -1.18. The van der Waals surface area contributed by atoms with E-state index >= 15 is 0 Å². The second-order valence-electron chi connectivity index (χ2n) is 4.31. The van der Waals surface area contributed by atoms with E-state index in [1.807, 2.05) is 4.90 Å². The van der Waals surface area contributed by atoms with E-state index in [-0.39, 0.29) is 12.5 Å². The highest BCUT2D eigenvalue weighted by Gasteiger charge is 2.28. The van der Waals surface area contributed by atoms with Crippen molar-refractivity contribution in [3.05, 3.63) is 0 Å². The summed E-state index contributed by atoms with van der Waals surface area (Å²) >= 11 is 0. The summed E-state index contributed by atoms with van der Waals surface area (Å²) in [6, 6.07) is 0. The van der Waals surface area contributed by atoms with Crippen molar-refractivity contribution in [3.63, 3.8) is 0 Å². The Morgan fingerprint density at radius 3 is 2.89 bits per heavy atom. The summed E-state index contributed by atoms with van der Waals surface area (Å²) in [5.74, 6) is -0.452. The number of hydrogen-bond acceptors (Lipinski definition) is 6. The molecule has 0 spiro atoms. The molecule has 0 aliphatic carbocycles. The Labute approximate surface area is 113 Å². The fraction of sp³-hybridized carbons (Fsp3) is 0.833. The van der Waals surface area contributed by atoms with Crippen LogP contribution in [-0.2, 0) is 23.8 Å². The van der Waals surface area contributed by atoms with E-state index in [1.54, 1.807) is 7.11 Å². The molecule has 0 aromatic rings. The summed E-state index contributed by atoms with van der Waals surface area (Å²) < 4.78 is 14.8. The Kier molecular flexibility index (Phi) is 7.39. The van der Waals surface area contributed by atoms with Crippen molar-refractivity contribution in [2.24, 2.45) is 0 Å². The first-order valence-electron chi connectivity index (χ1n) is 6.34. The third kappa shape index (κ3) is 6.00. The predicted molar refractivity (Wildman–Crippen MR) is 67.7 cm³/mol. The minimum Gasteiger partial charge on any atom is -0.467 e. The van der Waals surface area contributed by atoms with Gasteiger partial charge in [-0.1, -0.05) is 0 Å². The van der Waals surface area contributed by atoms with E-state index in [9.17, 15) is 9.59 Å². The van der Waals surface area contributed by atoms with Crippen molar-refractivity contribution in [2.45, 2.75) is 12.5 Å². The maximum absolute atomic E-state index is 11.7. The van der Waals surface area contributed by atoms with Crippen LogP contribution in [0.1, 0.15) is 6.42 Å². The van der Waals surface area contributed by atoms with Gasteiger partial charge in [-0.15, -0.1) is 0 Å². The normalized spacial score (nSPS) is 20.0. The van der Waals surface area contributed by atoms with E-state index in [0.29, 0.717) is 32.8 Å². The maximum Gasteiger partial charge on any atom is 0.336 e. The van der Waals surface area contributed by atoms with Crippen LogP contribution in [-0.4, -0.2) is 76.5 Å². The number of ether oxygens (including phenoxy) is 3.